The van der Waals surface area contributed by atoms with Crippen LogP contribution in [0, 0.1) is 5.82 Å². The van der Waals surface area contributed by atoms with E-state index >= 15 is 0 Å². The molecule has 0 aliphatic carbocycles. The second-order valence-electron chi connectivity index (χ2n) is 7.90. The van der Waals surface area contributed by atoms with Crippen molar-refractivity contribution in [3.63, 3.8) is 0 Å². The van der Waals surface area contributed by atoms with E-state index in [9.17, 15) is 9.18 Å². The number of nitrogens with one attached hydrogen (secondary N) is 1. The number of aromatic nitrogens is 3. The number of ether oxygens (including phenoxy) is 2. The van der Waals surface area contributed by atoms with E-state index in [1.165, 1.54) is 24.0 Å². The minimum Gasteiger partial charge on any atom is -0.493 e. The molecule has 4 aromatic carbocycles. The summed E-state index contributed by atoms with van der Waals surface area (Å²) >= 11 is 5.92. The van der Waals surface area contributed by atoms with Crippen LogP contribution < -0.4 is 14.8 Å². The fourth-order valence-electron chi connectivity index (χ4n) is 3.56. The molecule has 0 unspecified atom stereocenters. The topological polar surface area (TPSA) is 78.3 Å². The predicted octanol–water partition coefficient (Wildman–Crippen LogP) is 6.05. The smallest absolute Gasteiger partial charge is 0.255 e. The highest BCUT2D eigenvalue weighted by Crippen LogP contribution is 2.29. The number of carbonyl (C=O) groups is 1. The van der Waals surface area contributed by atoms with Crippen LogP contribution in [0.15, 0.2) is 84.9 Å². The van der Waals surface area contributed by atoms with E-state index in [0.29, 0.717) is 51.1 Å². The summed E-state index contributed by atoms with van der Waals surface area (Å²) in [6.45, 7) is 0.331. The molecular formula is C27H20ClFN4O3. The number of hydrogen-bond donors (Lipinski definition) is 1. The average molecular weight is 503 g/mol. The van der Waals surface area contributed by atoms with Crippen LogP contribution in [0.5, 0.6) is 11.5 Å². The van der Waals surface area contributed by atoms with E-state index < -0.39 is 0 Å². The molecule has 0 saturated heterocycles. The third-order valence-corrected chi connectivity index (χ3v) is 5.68. The number of anilines is 1. The van der Waals surface area contributed by atoms with Gasteiger partial charge in [0.15, 0.2) is 11.5 Å². The zero-order valence-electron chi connectivity index (χ0n) is 19.1. The number of halogens is 2. The second-order valence-corrected chi connectivity index (χ2v) is 8.34. The predicted molar refractivity (Wildman–Crippen MR) is 136 cm³/mol. The molecule has 0 bridgehead atoms. The maximum absolute atomic E-state index is 13.2. The van der Waals surface area contributed by atoms with Crippen LogP contribution in [-0.2, 0) is 6.61 Å². The highest BCUT2D eigenvalue weighted by molar-refractivity contribution is 6.30. The Morgan fingerprint density at radius 2 is 1.67 bits per heavy atom. The lowest BCUT2D eigenvalue weighted by molar-refractivity contribution is 0.102. The van der Waals surface area contributed by atoms with Crippen LogP contribution >= 0.6 is 11.6 Å². The summed E-state index contributed by atoms with van der Waals surface area (Å²) in [5.74, 6) is 0.304. The summed E-state index contributed by atoms with van der Waals surface area (Å²) in [6.07, 6.45) is 0. The third kappa shape index (κ3) is 5.13. The highest BCUT2D eigenvalue weighted by atomic mass is 35.5. The molecule has 1 amide bonds. The van der Waals surface area contributed by atoms with Gasteiger partial charge in [0.2, 0.25) is 0 Å². The molecule has 0 aliphatic rings. The van der Waals surface area contributed by atoms with Gasteiger partial charge in [-0.1, -0.05) is 23.7 Å². The Morgan fingerprint density at radius 3 is 2.42 bits per heavy atom. The first kappa shape index (κ1) is 23.3. The van der Waals surface area contributed by atoms with Gasteiger partial charge in [-0.2, -0.15) is 4.80 Å². The first-order valence-corrected chi connectivity index (χ1v) is 11.4. The van der Waals surface area contributed by atoms with Crippen LogP contribution in [0.4, 0.5) is 10.1 Å². The number of rotatable bonds is 7. The molecule has 5 rings (SSSR count). The summed E-state index contributed by atoms with van der Waals surface area (Å²) in [5.41, 5.74) is 3.77. The summed E-state index contributed by atoms with van der Waals surface area (Å²) in [4.78, 5) is 14.3. The average Bonchev–Trinajstić information content (AvgIpc) is 3.32. The van der Waals surface area contributed by atoms with Gasteiger partial charge in [-0.3, -0.25) is 4.79 Å². The maximum atomic E-state index is 13.2. The molecule has 0 spiro atoms. The van der Waals surface area contributed by atoms with E-state index in [1.807, 2.05) is 12.1 Å². The molecule has 1 heterocycles. The van der Waals surface area contributed by atoms with Gasteiger partial charge in [0.05, 0.1) is 12.8 Å². The van der Waals surface area contributed by atoms with Gasteiger partial charge in [-0.05, 0) is 78.4 Å². The second kappa shape index (κ2) is 10.1. The summed E-state index contributed by atoms with van der Waals surface area (Å²) in [5, 5.41) is 12.4. The third-order valence-electron chi connectivity index (χ3n) is 5.43. The van der Waals surface area contributed by atoms with Gasteiger partial charge in [0, 0.05) is 16.3 Å². The van der Waals surface area contributed by atoms with Crippen molar-refractivity contribution in [2.24, 2.45) is 0 Å². The standard InChI is InChI=1S/C27H20ClFN4O3/c1-35-26-14-18(4-13-25(26)36-16-17-2-5-19(28)6-3-17)27(34)30-21-9-12-23-24(15-21)32-33(31-23)22-10-7-20(29)8-11-22/h2-15H,16H2,1H3,(H,30,34). The quantitative estimate of drug-likeness (QED) is 0.293. The van der Waals surface area contributed by atoms with Crippen molar-refractivity contribution in [2.75, 3.05) is 12.4 Å². The first-order valence-electron chi connectivity index (χ1n) is 11.0. The van der Waals surface area contributed by atoms with E-state index in [4.69, 9.17) is 21.1 Å². The van der Waals surface area contributed by atoms with Crippen molar-refractivity contribution >= 4 is 34.2 Å². The zero-order chi connectivity index (χ0) is 25.1. The van der Waals surface area contributed by atoms with Crippen molar-refractivity contribution in [3.05, 3.63) is 107 Å². The molecule has 5 aromatic rings. The maximum Gasteiger partial charge on any atom is 0.255 e. The molecule has 1 N–H and O–H groups in total. The number of methoxy groups -OCH3 is 1. The minimum atomic E-state index is -0.335. The Kier molecular flexibility index (Phi) is 6.51. The van der Waals surface area contributed by atoms with Gasteiger partial charge < -0.3 is 14.8 Å². The number of amides is 1. The monoisotopic (exact) mass is 502 g/mol. The van der Waals surface area contributed by atoms with Crippen molar-refractivity contribution in [1.82, 2.24) is 15.0 Å². The SMILES string of the molecule is COc1cc(C(=O)Nc2ccc3nn(-c4ccc(F)cc4)nc3c2)ccc1OCc1ccc(Cl)cc1. The fraction of sp³-hybridized carbons (Fsp3) is 0.0741. The Morgan fingerprint density at radius 1 is 0.917 bits per heavy atom. The Bertz CT molecular complexity index is 1540. The molecule has 36 heavy (non-hydrogen) atoms. The van der Waals surface area contributed by atoms with Crippen molar-refractivity contribution in [1.29, 1.82) is 0 Å². The van der Waals surface area contributed by atoms with Gasteiger partial charge in [-0.25, -0.2) is 4.39 Å². The number of carbonyl (C=O) groups excluding carboxylic acids is 1. The molecule has 180 valence electrons. The van der Waals surface area contributed by atoms with Crippen molar-refractivity contribution in [2.45, 2.75) is 6.61 Å². The lowest BCUT2D eigenvalue weighted by atomic mass is 10.1. The van der Waals surface area contributed by atoms with Crippen LogP contribution in [0.25, 0.3) is 16.7 Å². The largest absolute Gasteiger partial charge is 0.493 e. The molecule has 0 saturated carbocycles. The van der Waals surface area contributed by atoms with Crippen LogP contribution in [0.2, 0.25) is 5.02 Å². The zero-order valence-corrected chi connectivity index (χ0v) is 19.9. The summed E-state index contributed by atoms with van der Waals surface area (Å²) < 4.78 is 24.5. The number of hydrogen-bond acceptors (Lipinski definition) is 5. The normalized spacial score (nSPS) is 10.9. The summed E-state index contributed by atoms with van der Waals surface area (Å²) in [6, 6.07) is 23.4. The fourth-order valence-corrected chi connectivity index (χ4v) is 3.68. The Balaban J connectivity index is 1.30. The van der Waals surface area contributed by atoms with Crippen molar-refractivity contribution < 1.29 is 18.7 Å². The van der Waals surface area contributed by atoms with Gasteiger partial charge in [0.1, 0.15) is 23.5 Å². The molecule has 7 nitrogen and oxygen atoms in total. The van der Waals surface area contributed by atoms with Crippen molar-refractivity contribution in [3.8, 4) is 17.2 Å². The lowest BCUT2D eigenvalue weighted by Crippen LogP contribution is -2.12. The van der Waals surface area contributed by atoms with E-state index in [0.717, 1.165) is 5.56 Å². The lowest BCUT2D eigenvalue weighted by Gasteiger charge is -2.12. The van der Waals surface area contributed by atoms with Gasteiger partial charge in [0.25, 0.3) is 5.91 Å². The summed E-state index contributed by atoms with van der Waals surface area (Å²) in [7, 11) is 1.52. The Labute approximate surface area is 211 Å². The highest BCUT2D eigenvalue weighted by Gasteiger charge is 2.13. The molecule has 1 aromatic heterocycles. The van der Waals surface area contributed by atoms with Crippen LogP contribution in [-0.4, -0.2) is 28.0 Å². The van der Waals surface area contributed by atoms with Gasteiger partial charge >= 0.3 is 0 Å². The first-order chi connectivity index (χ1) is 17.5. The molecule has 0 radical (unpaired) electrons. The molecule has 0 aliphatic heterocycles. The Hall–Kier alpha value is -4.43. The van der Waals surface area contributed by atoms with E-state index in [2.05, 4.69) is 15.5 Å². The molecule has 9 heteroatoms. The molecular weight excluding hydrogens is 483 g/mol. The van der Waals surface area contributed by atoms with E-state index in [-0.39, 0.29) is 11.7 Å². The number of nitrogens with zero attached hydrogens (tertiary/aromatic N) is 3. The number of benzene rings is 4. The van der Waals surface area contributed by atoms with E-state index in [1.54, 1.807) is 60.7 Å². The minimum absolute atomic E-state index is 0.317. The van der Waals surface area contributed by atoms with Gasteiger partial charge in [-0.15, -0.1) is 10.2 Å². The molecule has 0 atom stereocenters. The number of fused-ring (bicyclic) bond motifs is 1. The molecule has 0 fully saturated rings. The van der Waals surface area contributed by atoms with Crippen LogP contribution in [0.1, 0.15) is 15.9 Å². The van der Waals surface area contributed by atoms with Crippen LogP contribution in [0.3, 0.4) is 0 Å².